The van der Waals surface area contributed by atoms with E-state index < -0.39 is 10.0 Å². The molecule has 0 unspecified atom stereocenters. The van der Waals surface area contributed by atoms with Crippen molar-refractivity contribution in [1.82, 2.24) is 14.9 Å². The molecule has 8 heteroatoms. The van der Waals surface area contributed by atoms with Crippen LogP contribution in [0.1, 0.15) is 11.4 Å². The lowest BCUT2D eigenvalue weighted by Crippen LogP contribution is -2.26. The van der Waals surface area contributed by atoms with Gasteiger partial charge in [-0.15, -0.1) is 0 Å². The number of nitrogen functional groups attached to an aromatic ring is 1. The van der Waals surface area contributed by atoms with Gasteiger partial charge in [0.2, 0.25) is 16.4 Å². The Labute approximate surface area is 110 Å². The molecule has 0 aliphatic heterocycles. The largest absolute Gasteiger partial charge is 0.399 e. The van der Waals surface area contributed by atoms with Crippen LogP contribution in [-0.2, 0) is 16.4 Å². The van der Waals surface area contributed by atoms with Crippen LogP contribution < -0.4 is 10.5 Å². The number of nitrogens with two attached hydrogens (primary N) is 1. The minimum Gasteiger partial charge on any atom is -0.399 e. The molecule has 19 heavy (non-hydrogen) atoms. The summed E-state index contributed by atoms with van der Waals surface area (Å²) in [6, 6.07) is 4.69. The number of aryl methyl sites for hydroxylation is 1. The van der Waals surface area contributed by atoms with E-state index in [9.17, 15) is 8.42 Å². The fourth-order valence-electron chi connectivity index (χ4n) is 1.61. The topological polar surface area (TPSA) is 111 Å². The average Bonchev–Trinajstić information content (AvgIpc) is 2.80. The molecule has 0 aliphatic carbocycles. The summed E-state index contributed by atoms with van der Waals surface area (Å²) in [5.74, 6) is 0.450. The molecule has 0 atom stereocenters. The average molecular weight is 282 g/mol. The van der Waals surface area contributed by atoms with Gasteiger partial charge in [0.05, 0.1) is 4.90 Å². The van der Waals surface area contributed by atoms with E-state index in [0.717, 1.165) is 5.56 Å². The lowest BCUT2D eigenvalue weighted by molar-refractivity contribution is 0.410. The first-order valence-corrected chi connectivity index (χ1v) is 7.08. The fourth-order valence-corrected chi connectivity index (χ4v) is 2.78. The van der Waals surface area contributed by atoms with Crippen LogP contribution in [0.15, 0.2) is 34.0 Å². The van der Waals surface area contributed by atoms with E-state index >= 15 is 0 Å². The molecule has 1 heterocycles. The monoisotopic (exact) mass is 282 g/mol. The molecule has 0 saturated carbocycles. The van der Waals surface area contributed by atoms with Gasteiger partial charge in [-0.1, -0.05) is 5.16 Å². The summed E-state index contributed by atoms with van der Waals surface area (Å²) >= 11 is 0. The lowest BCUT2D eigenvalue weighted by Gasteiger charge is -2.07. The summed E-state index contributed by atoms with van der Waals surface area (Å²) in [5, 5.41) is 3.60. The van der Waals surface area contributed by atoms with Crippen molar-refractivity contribution in [2.75, 3.05) is 12.3 Å². The zero-order valence-corrected chi connectivity index (χ0v) is 11.1. The van der Waals surface area contributed by atoms with Crippen molar-refractivity contribution in [1.29, 1.82) is 0 Å². The van der Waals surface area contributed by atoms with Crippen molar-refractivity contribution in [3.05, 3.63) is 36.0 Å². The van der Waals surface area contributed by atoms with E-state index in [-0.39, 0.29) is 11.4 Å². The summed E-state index contributed by atoms with van der Waals surface area (Å²) in [4.78, 5) is 3.96. The highest BCUT2D eigenvalue weighted by atomic mass is 32.2. The maximum Gasteiger partial charge on any atom is 0.240 e. The second-order valence-electron chi connectivity index (χ2n) is 4.07. The van der Waals surface area contributed by atoms with Crippen LogP contribution in [0.25, 0.3) is 0 Å². The molecule has 3 N–H and O–H groups in total. The van der Waals surface area contributed by atoms with E-state index in [0.29, 0.717) is 17.9 Å². The standard InChI is InChI=1S/C11H14N4O3S/c1-8-4-9(12)6-10(5-8)19(16,17)14-3-2-11-13-7-18-15-11/h4-7,14H,2-3,12H2,1H3. The van der Waals surface area contributed by atoms with Crippen molar-refractivity contribution in [3.8, 4) is 0 Å². The maximum absolute atomic E-state index is 12.0. The van der Waals surface area contributed by atoms with Crippen LogP contribution in [0.4, 0.5) is 5.69 Å². The highest BCUT2D eigenvalue weighted by Crippen LogP contribution is 2.15. The quantitative estimate of drug-likeness (QED) is 0.772. The molecule has 0 bridgehead atoms. The molecule has 2 rings (SSSR count). The van der Waals surface area contributed by atoms with E-state index in [2.05, 4.69) is 19.4 Å². The summed E-state index contributed by atoms with van der Waals surface area (Å²) in [6.07, 6.45) is 1.56. The smallest absolute Gasteiger partial charge is 0.240 e. The Morgan fingerprint density at radius 3 is 2.79 bits per heavy atom. The van der Waals surface area contributed by atoms with E-state index in [1.807, 2.05) is 0 Å². The maximum atomic E-state index is 12.0. The van der Waals surface area contributed by atoms with Gasteiger partial charge in [-0.2, -0.15) is 4.98 Å². The van der Waals surface area contributed by atoms with Crippen molar-refractivity contribution < 1.29 is 12.9 Å². The van der Waals surface area contributed by atoms with Crippen molar-refractivity contribution in [2.24, 2.45) is 0 Å². The minimum atomic E-state index is -3.57. The van der Waals surface area contributed by atoms with E-state index in [1.165, 1.54) is 12.5 Å². The molecular formula is C11H14N4O3S. The number of hydrogen-bond donors (Lipinski definition) is 2. The number of nitrogens with zero attached hydrogens (tertiary/aromatic N) is 2. The van der Waals surface area contributed by atoms with E-state index in [4.69, 9.17) is 5.73 Å². The lowest BCUT2D eigenvalue weighted by atomic mass is 10.2. The van der Waals surface area contributed by atoms with Crippen LogP contribution in [-0.4, -0.2) is 25.1 Å². The molecule has 2 aromatic rings. The second kappa shape index (κ2) is 5.37. The van der Waals surface area contributed by atoms with Gasteiger partial charge in [-0.05, 0) is 30.7 Å². The molecule has 0 radical (unpaired) electrons. The molecule has 0 aliphatic rings. The molecule has 0 amide bonds. The summed E-state index contributed by atoms with van der Waals surface area (Å²) in [5.41, 5.74) is 6.84. The molecule has 0 fully saturated rings. The zero-order valence-electron chi connectivity index (χ0n) is 10.3. The normalized spacial score (nSPS) is 11.6. The molecular weight excluding hydrogens is 268 g/mol. The Kier molecular flexibility index (Phi) is 3.82. The SMILES string of the molecule is Cc1cc(N)cc(S(=O)(=O)NCCc2ncon2)c1. The van der Waals surface area contributed by atoms with Gasteiger partial charge < -0.3 is 10.3 Å². The Hall–Kier alpha value is -1.93. The van der Waals surface area contributed by atoms with Crippen molar-refractivity contribution >= 4 is 15.7 Å². The molecule has 7 nitrogen and oxygen atoms in total. The van der Waals surface area contributed by atoms with Gasteiger partial charge in [0.15, 0.2) is 5.82 Å². The highest BCUT2D eigenvalue weighted by Gasteiger charge is 2.14. The Bertz CT molecular complexity index is 632. The van der Waals surface area contributed by atoms with Crippen molar-refractivity contribution in [3.63, 3.8) is 0 Å². The first kappa shape index (κ1) is 13.5. The number of aromatic nitrogens is 2. The predicted octanol–water partition coefficient (Wildman–Crippen LogP) is 0.481. The second-order valence-corrected chi connectivity index (χ2v) is 5.84. The number of nitrogens with one attached hydrogen (secondary N) is 1. The van der Waals surface area contributed by atoms with Gasteiger partial charge in [-0.25, -0.2) is 13.1 Å². The van der Waals surface area contributed by atoms with Gasteiger partial charge in [0.25, 0.3) is 0 Å². The highest BCUT2D eigenvalue weighted by molar-refractivity contribution is 7.89. The summed E-state index contributed by atoms with van der Waals surface area (Å²) < 4.78 is 31.1. The van der Waals surface area contributed by atoms with Crippen LogP contribution in [0.5, 0.6) is 0 Å². The number of rotatable bonds is 5. The summed E-state index contributed by atoms with van der Waals surface area (Å²) in [6.45, 7) is 1.98. The van der Waals surface area contributed by atoms with Crippen molar-refractivity contribution in [2.45, 2.75) is 18.2 Å². The molecule has 102 valence electrons. The Morgan fingerprint density at radius 2 is 2.16 bits per heavy atom. The Balaban J connectivity index is 2.05. The Morgan fingerprint density at radius 1 is 1.37 bits per heavy atom. The van der Waals surface area contributed by atoms with Crippen LogP contribution >= 0.6 is 0 Å². The molecule has 0 spiro atoms. The predicted molar refractivity (Wildman–Crippen MR) is 68.8 cm³/mol. The third-order valence-electron chi connectivity index (χ3n) is 2.43. The fraction of sp³-hybridized carbons (Fsp3) is 0.273. The van der Waals surface area contributed by atoms with E-state index in [1.54, 1.807) is 19.1 Å². The van der Waals surface area contributed by atoms with Crippen LogP contribution in [0.3, 0.4) is 0 Å². The van der Waals surface area contributed by atoms with Gasteiger partial charge in [0.1, 0.15) is 0 Å². The third kappa shape index (κ3) is 3.52. The summed E-state index contributed by atoms with van der Waals surface area (Å²) in [7, 11) is -3.57. The molecule has 1 aromatic heterocycles. The number of hydrogen-bond acceptors (Lipinski definition) is 6. The zero-order chi connectivity index (χ0) is 13.9. The first-order chi connectivity index (χ1) is 8.97. The molecule has 1 aromatic carbocycles. The first-order valence-electron chi connectivity index (χ1n) is 5.59. The molecule has 0 saturated heterocycles. The number of sulfonamides is 1. The third-order valence-corrected chi connectivity index (χ3v) is 3.87. The van der Waals surface area contributed by atoms with Gasteiger partial charge >= 0.3 is 0 Å². The number of anilines is 1. The van der Waals surface area contributed by atoms with Crippen LogP contribution in [0, 0.1) is 6.92 Å². The van der Waals surface area contributed by atoms with Crippen LogP contribution in [0.2, 0.25) is 0 Å². The van der Waals surface area contributed by atoms with Gasteiger partial charge in [-0.3, -0.25) is 0 Å². The minimum absolute atomic E-state index is 0.151. The van der Waals surface area contributed by atoms with Gasteiger partial charge in [0, 0.05) is 18.7 Å². The number of benzene rings is 1.